The van der Waals surface area contributed by atoms with Crippen LogP contribution >= 0.6 is 23.1 Å². The first kappa shape index (κ1) is 16.4. The number of thiazole rings is 1. The minimum Gasteiger partial charge on any atom is -0.308 e. The number of hydrogen-bond acceptors (Lipinski definition) is 4. The molecule has 2 nitrogen and oxygen atoms in total. The van der Waals surface area contributed by atoms with E-state index in [4.69, 9.17) is 0 Å². The highest BCUT2D eigenvalue weighted by Gasteiger charge is 2.16. The molecule has 1 aromatic heterocycles. The molecule has 0 saturated carbocycles. The van der Waals surface area contributed by atoms with Crippen molar-refractivity contribution in [3.05, 3.63) is 40.4 Å². The zero-order valence-corrected chi connectivity index (χ0v) is 14.1. The maximum absolute atomic E-state index is 14.1. The molecule has 2 rings (SSSR count). The van der Waals surface area contributed by atoms with Crippen molar-refractivity contribution in [3.63, 3.8) is 0 Å². The fourth-order valence-corrected chi connectivity index (χ4v) is 3.43. The van der Waals surface area contributed by atoms with Crippen molar-refractivity contribution in [3.8, 4) is 0 Å². The van der Waals surface area contributed by atoms with Gasteiger partial charge in [0.25, 0.3) is 0 Å². The predicted molar refractivity (Wildman–Crippen MR) is 83.9 cm³/mol. The number of benzene rings is 1. The van der Waals surface area contributed by atoms with Crippen LogP contribution in [0.15, 0.2) is 26.7 Å². The van der Waals surface area contributed by atoms with Crippen LogP contribution in [0.25, 0.3) is 0 Å². The summed E-state index contributed by atoms with van der Waals surface area (Å²) in [5, 5.41) is 5.08. The third-order valence-electron chi connectivity index (χ3n) is 2.67. The number of nitrogens with zero attached hydrogens (tertiary/aromatic N) is 1. The van der Waals surface area contributed by atoms with Crippen molar-refractivity contribution in [2.24, 2.45) is 0 Å². The van der Waals surface area contributed by atoms with Crippen LogP contribution in [0.2, 0.25) is 0 Å². The van der Waals surface area contributed by atoms with Gasteiger partial charge in [-0.3, -0.25) is 0 Å². The third-order valence-corrected chi connectivity index (χ3v) is 4.82. The summed E-state index contributed by atoms with van der Waals surface area (Å²) < 4.78 is 28.9. The number of aromatic nitrogens is 1. The molecule has 0 unspecified atom stereocenters. The molecule has 0 aliphatic carbocycles. The van der Waals surface area contributed by atoms with Crippen molar-refractivity contribution >= 4 is 23.1 Å². The van der Waals surface area contributed by atoms with Crippen molar-refractivity contribution < 1.29 is 8.78 Å². The van der Waals surface area contributed by atoms with E-state index in [1.807, 2.05) is 33.1 Å². The topological polar surface area (TPSA) is 24.9 Å². The van der Waals surface area contributed by atoms with Crippen molar-refractivity contribution in [1.29, 1.82) is 0 Å². The second kappa shape index (κ2) is 6.42. The lowest BCUT2D eigenvalue weighted by molar-refractivity contribution is 0.422. The molecule has 0 amide bonds. The van der Waals surface area contributed by atoms with Crippen LogP contribution in [0.1, 0.15) is 32.0 Å². The van der Waals surface area contributed by atoms with Gasteiger partial charge in [-0.2, -0.15) is 0 Å². The summed E-state index contributed by atoms with van der Waals surface area (Å²) in [5.41, 5.74) is 1.35. The van der Waals surface area contributed by atoms with E-state index in [9.17, 15) is 8.78 Å². The number of halogens is 2. The summed E-state index contributed by atoms with van der Waals surface area (Å²) in [6.45, 7) is 8.31. The molecule has 1 N–H and O–H groups in total. The average molecular weight is 328 g/mol. The first-order chi connectivity index (χ1) is 9.74. The molecule has 0 fully saturated rings. The van der Waals surface area contributed by atoms with Crippen LogP contribution in [0.4, 0.5) is 8.78 Å². The Balaban J connectivity index is 2.17. The molecule has 0 spiro atoms. The van der Waals surface area contributed by atoms with E-state index < -0.39 is 11.6 Å². The highest BCUT2D eigenvalue weighted by Crippen LogP contribution is 2.34. The molecule has 6 heteroatoms. The molecule has 114 valence electrons. The highest BCUT2D eigenvalue weighted by molar-refractivity contribution is 8.01. The number of rotatable bonds is 4. The summed E-state index contributed by atoms with van der Waals surface area (Å²) in [6.07, 6.45) is 0. The van der Waals surface area contributed by atoms with Gasteiger partial charge >= 0.3 is 0 Å². The zero-order chi connectivity index (χ0) is 15.6. The smallest absolute Gasteiger partial charge is 0.155 e. The monoisotopic (exact) mass is 328 g/mol. The van der Waals surface area contributed by atoms with E-state index in [-0.39, 0.29) is 10.4 Å². The zero-order valence-electron chi connectivity index (χ0n) is 12.5. The summed E-state index contributed by atoms with van der Waals surface area (Å²) >= 11 is 2.42. The minimum atomic E-state index is -0.543. The van der Waals surface area contributed by atoms with E-state index in [2.05, 4.69) is 10.3 Å². The summed E-state index contributed by atoms with van der Waals surface area (Å²) in [5.74, 6) is -1.09. The van der Waals surface area contributed by atoms with Crippen molar-refractivity contribution in [2.75, 3.05) is 0 Å². The SMILES string of the molecule is Cc1csc(Sc2c(F)cc(CNC(C)(C)C)cc2F)n1. The van der Waals surface area contributed by atoms with E-state index in [1.165, 1.54) is 23.5 Å². The van der Waals surface area contributed by atoms with Crippen molar-refractivity contribution in [2.45, 2.75) is 49.0 Å². The van der Waals surface area contributed by atoms with Gasteiger partial charge < -0.3 is 5.32 Å². The van der Waals surface area contributed by atoms with Crippen molar-refractivity contribution in [1.82, 2.24) is 10.3 Å². The van der Waals surface area contributed by atoms with Gasteiger partial charge in [0.1, 0.15) is 11.6 Å². The van der Waals surface area contributed by atoms with Crippen LogP contribution < -0.4 is 5.32 Å². The van der Waals surface area contributed by atoms with Gasteiger partial charge in [0.2, 0.25) is 0 Å². The Kier molecular flexibility index (Phi) is 5.01. The van der Waals surface area contributed by atoms with E-state index >= 15 is 0 Å². The Morgan fingerprint density at radius 3 is 2.33 bits per heavy atom. The molecule has 21 heavy (non-hydrogen) atoms. The molecular formula is C15H18F2N2S2. The van der Waals surface area contributed by atoms with E-state index in [0.717, 1.165) is 17.5 Å². The maximum atomic E-state index is 14.1. The van der Waals surface area contributed by atoms with E-state index in [0.29, 0.717) is 16.4 Å². The van der Waals surface area contributed by atoms with Gasteiger partial charge in [-0.1, -0.05) is 11.8 Å². The molecule has 1 heterocycles. The molecule has 0 aliphatic rings. The lowest BCUT2D eigenvalue weighted by Crippen LogP contribution is -2.35. The lowest BCUT2D eigenvalue weighted by Gasteiger charge is -2.20. The largest absolute Gasteiger partial charge is 0.308 e. The standard InChI is InChI=1S/C15H18F2N2S2/c1-9-8-20-14(19-9)21-13-11(16)5-10(6-12(13)17)7-18-15(2,3)4/h5-6,8,18H,7H2,1-4H3. The summed E-state index contributed by atoms with van der Waals surface area (Å²) in [4.78, 5) is 4.22. The second-order valence-corrected chi connectivity index (χ2v) is 7.96. The number of nitrogens with one attached hydrogen (secondary N) is 1. The van der Waals surface area contributed by atoms with Crippen LogP contribution in [0.5, 0.6) is 0 Å². The van der Waals surface area contributed by atoms with Crippen LogP contribution in [0.3, 0.4) is 0 Å². The van der Waals surface area contributed by atoms with Gasteiger partial charge in [0, 0.05) is 23.2 Å². The molecular weight excluding hydrogens is 310 g/mol. The Morgan fingerprint density at radius 2 is 1.86 bits per heavy atom. The van der Waals surface area contributed by atoms with Gasteiger partial charge in [0.05, 0.1) is 4.90 Å². The fraction of sp³-hybridized carbons (Fsp3) is 0.400. The van der Waals surface area contributed by atoms with E-state index in [1.54, 1.807) is 0 Å². The molecule has 0 saturated heterocycles. The van der Waals surface area contributed by atoms with Gasteiger partial charge in [-0.25, -0.2) is 13.8 Å². The Labute approximate surface area is 132 Å². The Bertz CT molecular complexity index is 610. The molecule has 0 aliphatic heterocycles. The molecule has 0 atom stereocenters. The van der Waals surface area contributed by atoms with Gasteiger partial charge in [-0.05, 0) is 45.4 Å². The minimum absolute atomic E-state index is 0.00357. The predicted octanol–water partition coefficient (Wildman–Crippen LogP) is 4.77. The summed E-state index contributed by atoms with van der Waals surface area (Å²) in [7, 11) is 0. The maximum Gasteiger partial charge on any atom is 0.155 e. The van der Waals surface area contributed by atoms with Crippen LogP contribution in [-0.2, 0) is 6.54 Å². The van der Waals surface area contributed by atoms with Crippen LogP contribution in [-0.4, -0.2) is 10.5 Å². The normalized spacial score (nSPS) is 11.9. The first-order valence-electron chi connectivity index (χ1n) is 6.57. The highest BCUT2D eigenvalue weighted by atomic mass is 32.2. The fourth-order valence-electron chi connectivity index (χ4n) is 1.65. The number of aryl methyl sites for hydroxylation is 1. The second-order valence-electron chi connectivity index (χ2n) is 5.85. The quantitative estimate of drug-likeness (QED) is 0.875. The van der Waals surface area contributed by atoms with Crippen LogP contribution in [0, 0.1) is 18.6 Å². The van der Waals surface area contributed by atoms with Gasteiger partial charge in [-0.15, -0.1) is 11.3 Å². The average Bonchev–Trinajstić information content (AvgIpc) is 2.76. The molecule has 1 aromatic carbocycles. The summed E-state index contributed by atoms with van der Waals surface area (Å²) in [6, 6.07) is 2.76. The van der Waals surface area contributed by atoms with Gasteiger partial charge in [0.15, 0.2) is 4.34 Å². The third kappa shape index (κ3) is 4.76. The molecule has 2 aromatic rings. The Hall–Kier alpha value is -0.980. The lowest BCUT2D eigenvalue weighted by atomic mass is 10.1. The Morgan fingerprint density at radius 1 is 1.24 bits per heavy atom. The number of hydrogen-bond donors (Lipinski definition) is 1. The molecule has 0 bridgehead atoms. The first-order valence-corrected chi connectivity index (χ1v) is 8.27. The molecule has 0 radical (unpaired) electrons.